The Kier molecular flexibility index (Phi) is 2.28. The standard InChI is InChI=1S/C12H15NO/c1-8-2-3-10(7-12(8)13)9-4-5-11(14)6-9/h2-3,7,9H,4-6,13H2,1H3. The van der Waals surface area contributed by atoms with Crippen molar-refractivity contribution in [2.45, 2.75) is 32.1 Å². The number of anilines is 1. The Morgan fingerprint density at radius 2 is 2.21 bits per heavy atom. The van der Waals surface area contributed by atoms with Crippen LogP contribution in [0.3, 0.4) is 0 Å². The number of benzene rings is 1. The highest BCUT2D eigenvalue weighted by atomic mass is 16.1. The summed E-state index contributed by atoms with van der Waals surface area (Å²) < 4.78 is 0. The molecule has 2 rings (SSSR count). The lowest BCUT2D eigenvalue weighted by molar-refractivity contribution is -0.117. The van der Waals surface area contributed by atoms with E-state index in [1.165, 1.54) is 5.56 Å². The zero-order chi connectivity index (χ0) is 10.1. The predicted molar refractivity (Wildman–Crippen MR) is 57.2 cm³/mol. The molecule has 0 aromatic heterocycles. The molecule has 1 aliphatic rings. The minimum atomic E-state index is 0.383. The highest BCUT2D eigenvalue weighted by Crippen LogP contribution is 2.33. The van der Waals surface area contributed by atoms with Crippen LogP contribution in [0.4, 0.5) is 5.69 Å². The number of ketones is 1. The molecule has 2 heteroatoms. The highest BCUT2D eigenvalue weighted by Gasteiger charge is 2.23. The molecule has 2 N–H and O–H groups in total. The molecule has 0 spiro atoms. The van der Waals surface area contributed by atoms with Gasteiger partial charge in [0.1, 0.15) is 5.78 Å². The minimum absolute atomic E-state index is 0.383. The summed E-state index contributed by atoms with van der Waals surface area (Å²) >= 11 is 0. The molecule has 1 fully saturated rings. The fourth-order valence-corrected chi connectivity index (χ4v) is 2.01. The van der Waals surface area contributed by atoms with E-state index in [1.54, 1.807) is 0 Å². The molecule has 1 unspecified atom stereocenters. The molecule has 0 amide bonds. The van der Waals surface area contributed by atoms with E-state index in [9.17, 15) is 4.79 Å². The fraction of sp³-hybridized carbons (Fsp3) is 0.417. The summed E-state index contributed by atoms with van der Waals surface area (Å²) in [5.74, 6) is 0.791. The lowest BCUT2D eigenvalue weighted by Gasteiger charge is -2.10. The third kappa shape index (κ3) is 1.65. The summed E-state index contributed by atoms with van der Waals surface area (Å²) in [7, 11) is 0. The molecule has 0 heterocycles. The Balaban J connectivity index is 2.24. The molecule has 0 aliphatic heterocycles. The van der Waals surface area contributed by atoms with Gasteiger partial charge in [-0.15, -0.1) is 0 Å². The molecule has 2 nitrogen and oxygen atoms in total. The summed E-state index contributed by atoms with van der Waals surface area (Å²) in [5.41, 5.74) is 9.00. The highest BCUT2D eigenvalue weighted by molar-refractivity contribution is 5.81. The second-order valence-corrected chi connectivity index (χ2v) is 4.09. The van der Waals surface area contributed by atoms with Gasteiger partial charge < -0.3 is 5.73 Å². The lowest BCUT2D eigenvalue weighted by Crippen LogP contribution is -1.97. The van der Waals surface area contributed by atoms with Crippen LogP contribution in [-0.2, 0) is 4.79 Å². The zero-order valence-electron chi connectivity index (χ0n) is 8.42. The first-order valence-electron chi connectivity index (χ1n) is 5.04. The average Bonchev–Trinajstić information content (AvgIpc) is 2.57. The summed E-state index contributed by atoms with van der Waals surface area (Å²) in [6.45, 7) is 2.00. The van der Waals surface area contributed by atoms with Crippen LogP contribution in [0, 0.1) is 6.92 Å². The molecule has 1 saturated carbocycles. The van der Waals surface area contributed by atoms with Crippen molar-refractivity contribution in [3.05, 3.63) is 29.3 Å². The monoisotopic (exact) mass is 189 g/mol. The van der Waals surface area contributed by atoms with E-state index >= 15 is 0 Å². The zero-order valence-corrected chi connectivity index (χ0v) is 8.42. The van der Waals surface area contributed by atoms with Gasteiger partial charge in [0.2, 0.25) is 0 Å². The first kappa shape index (κ1) is 9.25. The van der Waals surface area contributed by atoms with Crippen LogP contribution in [0.2, 0.25) is 0 Å². The number of hydrogen-bond donors (Lipinski definition) is 1. The fourth-order valence-electron chi connectivity index (χ4n) is 2.01. The van der Waals surface area contributed by atoms with Crippen LogP contribution in [0.1, 0.15) is 36.3 Å². The number of aryl methyl sites for hydroxylation is 1. The number of carbonyl (C=O) groups is 1. The number of nitrogens with two attached hydrogens (primary N) is 1. The summed E-state index contributed by atoms with van der Waals surface area (Å²) in [5, 5.41) is 0. The predicted octanol–water partition coefficient (Wildman–Crippen LogP) is 2.41. The van der Waals surface area contributed by atoms with Gasteiger partial charge in [-0.25, -0.2) is 0 Å². The van der Waals surface area contributed by atoms with Gasteiger partial charge in [0.05, 0.1) is 0 Å². The second-order valence-electron chi connectivity index (χ2n) is 4.09. The van der Waals surface area contributed by atoms with E-state index in [0.29, 0.717) is 18.1 Å². The SMILES string of the molecule is Cc1ccc(C2CCC(=O)C2)cc1N. The number of carbonyl (C=O) groups excluding carboxylic acids is 1. The summed E-state index contributed by atoms with van der Waals surface area (Å²) in [6, 6.07) is 6.14. The Hall–Kier alpha value is -1.31. The Morgan fingerprint density at radius 3 is 2.79 bits per heavy atom. The Labute approximate surface area is 84.1 Å². The molecule has 0 radical (unpaired) electrons. The van der Waals surface area contributed by atoms with E-state index in [1.807, 2.05) is 19.1 Å². The first-order valence-corrected chi connectivity index (χ1v) is 5.04. The van der Waals surface area contributed by atoms with Crippen molar-refractivity contribution in [1.82, 2.24) is 0 Å². The molecule has 0 saturated heterocycles. The van der Waals surface area contributed by atoms with Gasteiger partial charge in [-0.1, -0.05) is 12.1 Å². The maximum Gasteiger partial charge on any atom is 0.133 e. The third-order valence-corrected chi connectivity index (χ3v) is 3.02. The molecular weight excluding hydrogens is 174 g/mol. The average molecular weight is 189 g/mol. The maximum atomic E-state index is 11.1. The molecule has 1 aromatic rings. The van der Waals surface area contributed by atoms with E-state index in [0.717, 1.165) is 24.1 Å². The molecular formula is C12H15NO. The van der Waals surface area contributed by atoms with E-state index < -0.39 is 0 Å². The van der Waals surface area contributed by atoms with Gasteiger partial charge in [-0.05, 0) is 36.5 Å². The molecule has 1 atom stereocenters. The van der Waals surface area contributed by atoms with Crippen molar-refractivity contribution < 1.29 is 4.79 Å². The van der Waals surface area contributed by atoms with Gasteiger partial charge >= 0.3 is 0 Å². The van der Waals surface area contributed by atoms with Crippen LogP contribution in [-0.4, -0.2) is 5.78 Å². The number of hydrogen-bond acceptors (Lipinski definition) is 2. The molecule has 14 heavy (non-hydrogen) atoms. The Bertz CT molecular complexity index is 371. The van der Waals surface area contributed by atoms with E-state index in [2.05, 4.69) is 6.07 Å². The van der Waals surface area contributed by atoms with Gasteiger partial charge in [-0.2, -0.15) is 0 Å². The van der Waals surface area contributed by atoms with Gasteiger partial charge in [0.15, 0.2) is 0 Å². The molecule has 0 bridgehead atoms. The van der Waals surface area contributed by atoms with Crippen LogP contribution in [0.25, 0.3) is 0 Å². The van der Waals surface area contributed by atoms with Crippen molar-refractivity contribution in [2.24, 2.45) is 0 Å². The maximum absolute atomic E-state index is 11.1. The van der Waals surface area contributed by atoms with Crippen LogP contribution in [0.5, 0.6) is 0 Å². The van der Waals surface area contributed by atoms with Gasteiger partial charge in [0, 0.05) is 18.5 Å². The Morgan fingerprint density at radius 1 is 1.43 bits per heavy atom. The lowest BCUT2D eigenvalue weighted by atomic mass is 9.96. The summed E-state index contributed by atoms with van der Waals surface area (Å²) in [4.78, 5) is 11.1. The second kappa shape index (κ2) is 3.45. The van der Waals surface area contributed by atoms with Crippen molar-refractivity contribution in [2.75, 3.05) is 5.73 Å². The number of rotatable bonds is 1. The van der Waals surface area contributed by atoms with Crippen LogP contribution in [0.15, 0.2) is 18.2 Å². The van der Waals surface area contributed by atoms with Crippen molar-refractivity contribution in [3.8, 4) is 0 Å². The van der Waals surface area contributed by atoms with Crippen LogP contribution < -0.4 is 5.73 Å². The third-order valence-electron chi connectivity index (χ3n) is 3.02. The molecule has 1 aromatic carbocycles. The van der Waals surface area contributed by atoms with Crippen molar-refractivity contribution in [3.63, 3.8) is 0 Å². The normalized spacial score (nSPS) is 21.5. The minimum Gasteiger partial charge on any atom is -0.399 e. The van der Waals surface area contributed by atoms with Crippen molar-refractivity contribution >= 4 is 11.5 Å². The topological polar surface area (TPSA) is 43.1 Å². The molecule has 1 aliphatic carbocycles. The van der Waals surface area contributed by atoms with Crippen molar-refractivity contribution in [1.29, 1.82) is 0 Å². The van der Waals surface area contributed by atoms with Gasteiger partial charge in [0.25, 0.3) is 0 Å². The van der Waals surface area contributed by atoms with E-state index in [4.69, 9.17) is 5.73 Å². The quantitative estimate of drug-likeness (QED) is 0.689. The number of Topliss-reactive ketones (excluding diaryl/α,β-unsaturated/α-hetero) is 1. The largest absolute Gasteiger partial charge is 0.399 e. The first-order chi connectivity index (χ1) is 6.66. The smallest absolute Gasteiger partial charge is 0.133 e. The van der Waals surface area contributed by atoms with Crippen LogP contribution >= 0.6 is 0 Å². The molecule has 74 valence electrons. The van der Waals surface area contributed by atoms with E-state index in [-0.39, 0.29) is 0 Å². The summed E-state index contributed by atoms with van der Waals surface area (Å²) in [6.07, 6.45) is 2.42. The number of nitrogen functional groups attached to an aromatic ring is 1. The van der Waals surface area contributed by atoms with Gasteiger partial charge in [-0.3, -0.25) is 4.79 Å².